The van der Waals surface area contributed by atoms with Gasteiger partial charge >= 0.3 is 23.9 Å². The quantitative estimate of drug-likeness (QED) is 0.239. The number of carbonyl (C=O) groups excluding carboxylic acids is 2. The molecule has 0 aliphatic carbocycles. The van der Waals surface area contributed by atoms with Gasteiger partial charge in [-0.05, 0) is 27.2 Å². The van der Waals surface area contributed by atoms with Crippen LogP contribution < -0.4 is 0 Å². The van der Waals surface area contributed by atoms with Crippen molar-refractivity contribution in [2.24, 2.45) is 0 Å². The molecule has 0 spiro atoms. The van der Waals surface area contributed by atoms with Crippen molar-refractivity contribution in [1.29, 1.82) is 0 Å². The molecule has 0 radical (unpaired) electrons. The Balaban J connectivity index is -0.0000000972. The van der Waals surface area contributed by atoms with Crippen LogP contribution in [0, 0.1) is 0 Å². The highest BCUT2D eigenvalue weighted by molar-refractivity contribution is 5.86. The lowest BCUT2D eigenvalue weighted by molar-refractivity contribution is -0.138. The fraction of sp³-hybridized carbons (Fsp3) is 0.455. The number of esters is 2. The third-order valence-corrected chi connectivity index (χ3v) is 2.27. The second-order valence-corrected chi connectivity index (χ2v) is 5.62. The zero-order valence-electron chi connectivity index (χ0n) is 19.7. The maximum atomic E-state index is 10.3. The first-order valence-electron chi connectivity index (χ1n) is 9.22. The highest BCUT2D eigenvalue weighted by Gasteiger charge is 1.95. The van der Waals surface area contributed by atoms with Crippen LogP contribution in [-0.2, 0) is 28.7 Å². The van der Waals surface area contributed by atoms with Gasteiger partial charge < -0.3 is 29.9 Å². The van der Waals surface area contributed by atoms with Gasteiger partial charge in [0.1, 0.15) is 0 Å². The first kappa shape index (κ1) is 39.3. The Kier molecular flexibility index (Phi) is 36.8. The zero-order valence-corrected chi connectivity index (χ0v) is 19.7. The molecule has 4 N–H and O–H groups in total. The SMILES string of the molecule is C=C(C)C(=O)O.C=C(C)C(=O)O.C=C(C)C(=O)OC.C=CC(=O)OCCCC.OCCO. The van der Waals surface area contributed by atoms with Crippen LogP contribution >= 0.6 is 0 Å². The Bertz CT molecular complexity index is 542. The van der Waals surface area contributed by atoms with E-state index in [0.717, 1.165) is 12.8 Å². The molecule has 32 heavy (non-hydrogen) atoms. The van der Waals surface area contributed by atoms with E-state index in [2.05, 4.69) is 35.8 Å². The molecular formula is C22H38O10. The van der Waals surface area contributed by atoms with Gasteiger partial charge in [0.15, 0.2) is 0 Å². The smallest absolute Gasteiger partial charge is 0.332 e. The monoisotopic (exact) mass is 462 g/mol. The molecule has 0 bridgehead atoms. The number of hydrogen-bond acceptors (Lipinski definition) is 8. The second kappa shape index (κ2) is 30.0. The number of aliphatic carboxylic acids is 2. The van der Waals surface area contributed by atoms with E-state index >= 15 is 0 Å². The number of carboxylic acid groups (broad SMARTS) is 2. The number of methoxy groups -OCH3 is 1. The van der Waals surface area contributed by atoms with Crippen LogP contribution in [0.3, 0.4) is 0 Å². The first-order valence-corrected chi connectivity index (χ1v) is 9.22. The van der Waals surface area contributed by atoms with Crippen LogP contribution in [0.5, 0.6) is 0 Å². The normalized spacial score (nSPS) is 7.84. The molecule has 0 atom stereocenters. The molecule has 0 saturated heterocycles. The maximum absolute atomic E-state index is 10.3. The van der Waals surface area contributed by atoms with Gasteiger partial charge in [0.05, 0.1) is 26.9 Å². The minimum Gasteiger partial charge on any atom is -0.478 e. The highest BCUT2D eigenvalue weighted by atomic mass is 16.5. The minimum atomic E-state index is -0.935. The van der Waals surface area contributed by atoms with Gasteiger partial charge in [-0.1, -0.05) is 39.7 Å². The van der Waals surface area contributed by atoms with E-state index < -0.39 is 11.9 Å². The number of ether oxygens (including phenoxy) is 2. The van der Waals surface area contributed by atoms with Crippen molar-refractivity contribution in [3.05, 3.63) is 49.1 Å². The Labute approximate surface area is 190 Å². The van der Waals surface area contributed by atoms with Gasteiger partial charge in [-0.3, -0.25) is 0 Å². The fourth-order valence-electron chi connectivity index (χ4n) is 0.550. The summed E-state index contributed by atoms with van der Waals surface area (Å²) in [4.78, 5) is 39.7. The first-order chi connectivity index (χ1) is 14.7. The summed E-state index contributed by atoms with van der Waals surface area (Å²) in [5, 5.41) is 31.0. The molecule has 10 nitrogen and oxygen atoms in total. The van der Waals surface area contributed by atoms with Gasteiger partial charge in [0, 0.05) is 22.8 Å². The van der Waals surface area contributed by atoms with E-state index in [1.807, 2.05) is 6.92 Å². The highest BCUT2D eigenvalue weighted by Crippen LogP contribution is 1.88. The topological polar surface area (TPSA) is 168 Å². The van der Waals surface area contributed by atoms with E-state index in [0.29, 0.717) is 12.2 Å². The third kappa shape index (κ3) is 50.5. The van der Waals surface area contributed by atoms with Crippen LogP contribution in [-0.4, -0.2) is 71.2 Å². The van der Waals surface area contributed by atoms with Crippen molar-refractivity contribution < 1.29 is 49.1 Å². The number of carboxylic acids is 2. The summed E-state index contributed by atoms with van der Waals surface area (Å²) >= 11 is 0. The van der Waals surface area contributed by atoms with Crippen molar-refractivity contribution in [2.75, 3.05) is 26.9 Å². The molecule has 186 valence electrons. The molecule has 0 fully saturated rings. The van der Waals surface area contributed by atoms with Gasteiger partial charge in [-0.25, -0.2) is 19.2 Å². The largest absolute Gasteiger partial charge is 0.478 e. The van der Waals surface area contributed by atoms with Gasteiger partial charge in [0.25, 0.3) is 0 Å². The van der Waals surface area contributed by atoms with Crippen LogP contribution in [0.2, 0.25) is 0 Å². The van der Waals surface area contributed by atoms with Crippen LogP contribution in [0.25, 0.3) is 0 Å². The lowest BCUT2D eigenvalue weighted by Crippen LogP contribution is -2.00. The van der Waals surface area contributed by atoms with Crippen LogP contribution in [0.15, 0.2) is 49.1 Å². The van der Waals surface area contributed by atoms with Crippen molar-refractivity contribution >= 4 is 23.9 Å². The predicted octanol–water partition coefficient (Wildman–Crippen LogP) is 2.52. The van der Waals surface area contributed by atoms with E-state index in [9.17, 15) is 19.2 Å². The Morgan fingerprint density at radius 2 is 1.19 bits per heavy atom. The number of hydrogen-bond donors (Lipinski definition) is 4. The summed E-state index contributed by atoms with van der Waals surface area (Å²) in [6.07, 6.45) is 3.15. The molecule has 0 rings (SSSR count). The fourth-order valence-corrected chi connectivity index (χ4v) is 0.550. The summed E-state index contributed by atoms with van der Waals surface area (Å²) in [5.41, 5.74) is 0.785. The van der Waals surface area contributed by atoms with E-state index in [1.165, 1.54) is 27.0 Å². The van der Waals surface area contributed by atoms with Gasteiger partial charge in [-0.15, -0.1) is 0 Å². The van der Waals surface area contributed by atoms with E-state index in [1.54, 1.807) is 6.92 Å². The molecule has 0 unspecified atom stereocenters. The summed E-state index contributed by atoms with van der Waals surface area (Å²) in [6.45, 7) is 19.7. The average molecular weight is 463 g/mol. The molecular weight excluding hydrogens is 424 g/mol. The van der Waals surface area contributed by atoms with Crippen molar-refractivity contribution in [1.82, 2.24) is 0 Å². The lowest BCUT2D eigenvalue weighted by Gasteiger charge is -1.97. The maximum Gasteiger partial charge on any atom is 0.332 e. The predicted molar refractivity (Wildman–Crippen MR) is 122 cm³/mol. The second-order valence-electron chi connectivity index (χ2n) is 5.62. The summed E-state index contributed by atoms with van der Waals surface area (Å²) in [7, 11) is 1.33. The molecule has 0 aliphatic rings. The molecule has 0 saturated carbocycles. The minimum absolute atomic E-state index is 0.125. The number of rotatable bonds is 8. The molecule has 10 heteroatoms. The van der Waals surface area contributed by atoms with Crippen LogP contribution in [0.1, 0.15) is 40.5 Å². The third-order valence-electron chi connectivity index (χ3n) is 2.27. The summed E-state index contributed by atoms with van der Waals surface area (Å²) in [6, 6.07) is 0. The van der Waals surface area contributed by atoms with Gasteiger partial charge in [0.2, 0.25) is 0 Å². The van der Waals surface area contributed by atoms with Crippen LogP contribution in [0.4, 0.5) is 0 Å². The van der Waals surface area contributed by atoms with Gasteiger partial charge in [-0.2, -0.15) is 0 Å². The molecule has 0 aliphatic heterocycles. The molecule has 0 heterocycles. The van der Waals surface area contributed by atoms with E-state index in [-0.39, 0.29) is 36.3 Å². The molecule has 0 aromatic carbocycles. The number of aliphatic hydroxyl groups excluding tert-OH is 2. The summed E-state index contributed by atoms with van der Waals surface area (Å²) < 4.78 is 8.95. The number of carbonyl (C=O) groups is 4. The Morgan fingerprint density at radius 1 is 0.844 bits per heavy atom. The molecule has 0 amide bonds. The standard InChI is InChI=1S/C7H12O2.C5H8O2.2C4H6O2.C2H6O2/c1-3-5-6-9-7(8)4-2;1-4(2)5(6)7-3;2*1-3(2)4(5)6;3-1-2-4/h4H,2-3,5-6H2,1H3;1H2,2-3H3;2*1H2,2H3,(H,5,6);3-4H,1-2H2. The van der Waals surface area contributed by atoms with E-state index in [4.69, 9.17) is 20.4 Å². The average Bonchev–Trinajstić information content (AvgIpc) is 2.74. The van der Waals surface area contributed by atoms with Crippen molar-refractivity contribution in [2.45, 2.75) is 40.5 Å². The number of aliphatic hydroxyl groups is 2. The van der Waals surface area contributed by atoms with Crippen molar-refractivity contribution in [3.8, 4) is 0 Å². The molecule has 0 aromatic heterocycles. The lowest BCUT2D eigenvalue weighted by atomic mass is 10.4. The Hall–Kier alpha value is -3.24. The number of unbranched alkanes of at least 4 members (excludes halogenated alkanes) is 1. The van der Waals surface area contributed by atoms with Crippen molar-refractivity contribution in [3.63, 3.8) is 0 Å². The molecule has 0 aromatic rings. The Morgan fingerprint density at radius 3 is 1.31 bits per heavy atom. The summed E-state index contributed by atoms with van der Waals surface area (Å²) in [5.74, 6) is -2.55. The zero-order chi connectivity index (χ0) is 26.7.